The number of carbonyl (C=O) groups excluding carboxylic acids is 3. The molecule has 21 heteroatoms. The van der Waals surface area contributed by atoms with Crippen LogP contribution in [0.1, 0.15) is 18.4 Å². The Kier molecular flexibility index (Phi) is 9.37. The molecule has 5 N–H and O–H groups in total. The fourth-order valence-corrected chi connectivity index (χ4v) is 8.75. The Balaban J connectivity index is 1.30. The van der Waals surface area contributed by atoms with Crippen LogP contribution in [0.4, 0.5) is 5.13 Å². The number of thiazole rings is 1. The summed E-state index contributed by atoms with van der Waals surface area (Å²) in [5.74, 6) is -3.16. The molecule has 2 aromatic heterocycles. The summed E-state index contributed by atoms with van der Waals surface area (Å²) < 4.78 is 15.7. The van der Waals surface area contributed by atoms with Gasteiger partial charge >= 0.3 is 7.75 Å². The van der Waals surface area contributed by atoms with Gasteiger partial charge in [-0.3, -0.25) is 19.6 Å². The van der Waals surface area contributed by atoms with Crippen molar-refractivity contribution in [1.82, 2.24) is 24.6 Å². The number of rotatable bonds is 11. The fraction of sp³-hybridized carbons (Fsp3) is 0.318. The minimum atomic E-state index is -4.68. The number of hydrogen-bond acceptors (Lipinski definition) is 14. The molecule has 3 atom stereocenters. The summed E-state index contributed by atoms with van der Waals surface area (Å²) in [5, 5.41) is 21.2. The van der Waals surface area contributed by atoms with E-state index >= 15 is 0 Å². The lowest BCUT2D eigenvalue weighted by Crippen LogP contribution is -3.04. The van der Waals surface area contributed by atoms with Crippen LogP contribution in [0.3, 0.4) is 0 Å². The molecule has 2 amide bonds. The first-order valence-electron chi connectivity index (χ1n) is 12.4. The van der Waals surface area contributed by atoms with E-state index in [0.29, 0.717) is 20.8 Å². The van der Waals surface area contributed by atoms with Gasteiger partial charge in [-0.25, -0.2) is 9.55 Å². The molecule has 1 unspecified atom stereocenters. The number of likely N-dealkylation sites (N-methyl/N-ethyl adjacent to an activating group) is 1. The van der Waals surface area contributed by atoms with E-state index in [0.717, 1.165) is 34.5 Å². The molecule has 1 saturated heterocycles. The van der Waals surface area contributed by atoms with E-state index in [-0.39, 0.29) is 29.0 Å². The number of hydrogen-bond donors (Lipinski definition) is 5. The number of nitrogens with zero attached hydrogens (tertiary/aromatic N) is 5. The lowest BCUT2D eigenvalue weighted by Gasteiger charge is -2.50. The molecular weight excluding hydrogens is 664 g/mol. The van der Waals surface area contributed by atoms with Gasteiger partial charge in [0.2, 0.25) is 16.7 Å². The number of aliphatic carboxylic acids is 1. The molecule has 0 saturated carbocycles. The van der Waals surface area contributed by atoms with E-state index in [1.807, 2.05) is 29.8 Å². The van der Waals surface area contributed by atoms with Crippen molar-refractivity contribution in [3.8, 4) is 0 Å². The average molecular weight is 687 g/mol. The summed E-state index contributed by atoms with van der Waals surface area (Å²) in [7, 11) is -2.64. The number of anilines is 1. The van der Waals surface area contributed by atoms with Crippen molar-refractivity contribution in [1.29, 1.82) is 0 Å². The van der Waals surface area contributed by atoms with Gasteiger partial charge in [-0.15, -0.1) is 23.1 Å². The van der Waals surface area contributed by atoms with E-state index in [4.69, 9.17) is 14.6 Å². The number of carboxylic acids is 1. The van der Waals surface area contributed by atoms with Crippen LogP contribution in [-0.4, -0.2) is 89.9 Å². The lowest BCUT2D eigenvalue weighted by molar-refractivity contribution is -0.818. The van der Waals surface area contributed by atoms with Crippen molar-refractivity contribution in [2.24, 2.45) is 5.16 Å². The Hall–Kier alpha value is -3.10. The van der Waals surface area contributed by atoms with Gasteiger partial charge in [0.15, 0.2) is 4.34 Å². The quantitative estimate of drug-likeness (QED) is 0.0813. The second kappa shape index (κ2) is 12.9. The zero-order valence-corrected chi connectivity index (χ0v) is 26.4. The molecule has 0 bridgehead atoms. The van der Waals surface area contributed by atoms with Gasteiger partial charge in [0.25, 0.3) is 11.8 Å². The summed E-state index contributed by atoms with van der Waals surface area (Å²) in [4.78, 5) is 72.8. The van der Waals surface area contributed by atoms with Crippen LogP contribution in [-0.2, 0) is 23.8 Å². The Morgan fingerprint density at radius 1 is 1.37 bits per heavy atom. The van der Waals surface area contributed by atoms with Crippen molar-refractivity contribution in [3.63, 3.8) is 0 Å². The number of nitrogens with one attached hydrogen (secondary N) is 3. The van der Waals surface area contributed by atoms with Gasteiger partial charge in [-0.2, -0.15) is 9.36 Å². The number of fused-ring (bicyclic) bond motifs is 1. The molecule has 0 aliphatic carbocycles. The second-order valence-electron chi connectivity index (χ2n) is 9.00. The van der Waals surface area contributed by atoms with Gasteiger partial charge in [-0.05, 0) is 13.0 Å². The molecule has 1 fully saturated rings. The highest BCUT2D eigenvalue weighted by Crippen LogP contribution is 2.45. The topological polar surface area (TPSA) is 224 Å². The van der Waals surface area contributed by atoms with Crippen LogP contribution >= 0.6 is 54.1 Å². The maximum Gasteiger partial charge on any atom is 0.429 e. The van der Waals surface area contributed by atoms with Gasteiger partial charge in [0.1, 0.15) is 24.6 Å². The number of allylic oxidation sites excluding steroid dienone is 2. The first-order valence-corrected chi connectivity index (χ1v) is 17.5. The number of oxime groups is 1. The molecule has 0 radical (unpaired) electrons. The van der Waals surface area contributed by atoms with Crippen LogP contribution in [0.25, 0.3) is 5.57 Å². The van der Waals surface area contributed by atoms with E-state index in [1.165, 1.54) is 28.0 Å². The molecule has 2 aromatic rings. The summed E-state index contributed by atoms with van der Waals surface area (Å²) in [6, 6.07) is -1.10. The summed E-state index contributed by atoms with van der Waals surface area (Å²) in [6.07, 6.45) is 6.09. The first-order chi connectivity index (χ1) is 20.4. The highest BCUT2D eigenvalue weighted by molar-refractivity contribution is 8.07. The maximum absolute atomic E-state index is 13.2. The highest BCUT2D eigenvalue weighted by atomic mass is 32.2. The normalized spacial score (nSPS) is 22.1. The van der Waals surface area contributed by atoms with E-state index in [1.54, 1.807) is 6.92 Å². The SMILES string of the molecule is CCO/N=C(\C(=O)N[C@@H]1C(=O)N2C(C(=O)[O-])=C(Sc3nc(C4=CC[NH+](C)C=C4)cs3)CS[C@H]12)c1nsc(NP(=O)(O)O)n1. The van der Waals surface area contributed by atoms with Crippen LogP contribution in [0.2, 0.25) is 0 Å². The zero-order chi connectivity index (χ0) is 30.9. The van der Waals surface area contributed by atoms with Crippen molar-refractivity contribution in [2.75, 3.05) is 31.0 Å². The number of quaternary nitrogens is 1. The van der Waals surface area contributed by atoms with Crippen LogP contribution in [0, 0.1) is 0 Å². The monoisotopic (exact) mass is 686 g/mol. The largest absolute Gasteiger partial charge is 0.543 e. The average Bonchev–Trinajstić information content (AvgIpc) is 3.60. The van der Waals surface area contributed by atoms with Gasteiger partial charge < -0.3 is 34.7 Å². The number of aromatic nitrogens is 3. The number of carbonyl (C=O) groups is 3. The molecule has 228 valence electrons. The Bertz CT molecular complexity index is 1630. The van der Waals surface area contributed by atoms with Crippen molar-refractivity contribution < 1.29 is 43.6 Å². The number of thioether (sulfide) groups is 2. The van der Waals surface area contributed by atoms with E-state index in [2.05, 4.69) is 30.9 Å². The summed E-state index contributed by atoms with van der Waals surface area (Å²) in [5.41, 5.74) is 1.04. The van der Waals surface area contributed by atoms with Crippen molar-refractivity contribution in [3.05, 3.63) is 45.9 Å². The Labute approximate surface area is 260 Å². The zero-order valence-electron chi connectivity index (χ0n) is 22.2. The van der Waals surface area contributed by atoms with Crippen molar-refractivity contribution >= 4 is 88.3 Å². The van der Waals surface area contributed by atoms with Crippen LogP contribution in [0.5, 0.6) is 0 Å². The predicted molar refractivity (Wildman–Crippen MR) is 158 cm³/mol. The molecule has 43 heavy (non-hydrogen) atoms. The molecular formula is C22H23N8O8PS4. The maximum atomic E-state index is 13.2. The molecule has 3 aliphatic rings. The molecule has 0 aromatic carbocycles. The molecule has 16 nitrogen and oxygen atoms in total. The number of carboxylic acid groups (broad SMARTS) is 1. The highest BCUT2D eigenvalue weighted by Gasteiger charge is 2.53. The smallest absolute Gasteiger partial charge is 0.429 e. The van der Waals surface area contributed by atoms with Crippen LogP contribution < -0.4 is 20.4 Å². The van der Waals surface area contributed by atoms with Gasteiger partial charge in [0.05, 0.1) is 30.6 Å². The number of amides is 2. The summed E-state index contributed by atoms with van der Waals surface area (Å²) >= 11 is 4.35. The third-order valence-electron chi connectivity index (χ3n) is 5.97. The van der Waals surface area contributed by atoms with E-state index in [9.17, 15) is 24.1 Å². The van der Waals surface area contributed by atoms with E-state index < -0.39 is 42.7 Å². The molecule has 0 spiro atoms. The molecule has 5 heterocycles. The molecule has 3 aliphatic heterocycles. The standard InChI is InChI=1S/C22H23N8O8PS4/c1-3-38-26-13(16-25-21(43-28-16)27-39(35,36)37)17(31)24-14-18(32)30-15(20(33)34)12(9-40-19(14)30)42-22-23-11(8-41-22)10-4-6-29(2)7-5-10/h4-6,8,14,19H,3,7,9H2,1-2H3,(H,24,31)(H,33,34)(H3,25,27,28,35,36,37)/b26-13-/t14-,19-/m1/s1. The lowest BCUT2D eigenvalue weighted by atomic mass is 10.0. The Morgan fingerprint density at radius 2 is 2.16 bits per heavy atom. The summed E-state index contributed by atoms with van der Waals surface area (Å²) in [6.45, 7) is 2.52. The van der Waals surface area contributed by atoms with Gasteiger partial charge in [0, 0.05) is 39.2 Å². The number of β-lactam (4-membered cyclic amide) rings is 1. The first kappa shape index (κ1) is 31.3. The second-order valence-corrected chi connectivity index (χ2v) is 14.4. The molecule has 5 rings (SSSR count). The third kappa shape index (κ3) is 7.01. The van der Waals surface area contributed by atoms with Crippen LogP contribution in [0.15, 0.2) is 43.8 Å². The Morgan fingerprint density at radius 3 is 2.84 bits per heavy atom. The minimum Gasteiger partial charge on any atom is -0.543 e. The van der Waals surface area contributed by atoms with Gasteiger partial charge in [-0.1, -0.05) is 16.9 Å². The minimum absolute atomic E-state index is 0.0799. The predicted octanol–water partition coefficient (Wildman–Crippen LogP) is -1.18. The third-order valence-corrected chi connectivity index (χ3v) is 10.7. The fourth-order valence-electron chi connectivity index (χ4n) is 4.04. The van der Waals surface area contributed by atoms with Crippen molar-refractivity contribution in [2.45, 2.75) is 22.7 Å².